The van der Waals surface area contributed by atoms with Gasteiger partial charge in [0.05, 0.1) is 22.6 Å². The molecule has 0 bridgehead atoms. The average Bonchev–Trinajstić information content (AvgIpc) is 3.00. The van der Waals surface area contributed by atoms with Gasteiger partial charge in [0.25, 0.3) is 0 Å². The van der Waals surface area contributed by atoms with Gasteiger partial charge in [0.15, 0.2) is 0 Å². The highest BCUT2D eigenvalue weighted by atomic mass is 16.5. The summed E-state index contributed by atoms with van der Waals surface area (Å²) in [6.45, 7) is 5.86. The normalized spacial score (nSPS) is 13.2. The van der Waals surface area contributed by atoms with Crippen molar-refractivity contribution < 1.29 is 18.7 Å². The average molecular weight is 354 g/mol. The lowest BCUT2D eigenvalue weighted by molar-refractivity contribution is 0.133. The zero-order chi connectivity index (χ0) is 18.7. The summed E-state index contributed by atoms with van der Waals surface area (Å²) in [6, 6.07) is 6.61. The fraction of sp³-hybridized carbons (Fsp3) is 0.286. The summed E-state index contributed by atoms with van der Waals surface area (Å²) in [6.07, 6.45) is 8.01. The van der Waals surface area contributed by atoms with E-state index in [0.717, 1.165) is 22.8 Å². The highest BCUT2D eigenvalue weighted by molar-refractivity contribution is 6.01. The topological polar surface area (TPSA) is 72.8 Å². The van der Waals surface area contributed by atoms with Crippen molar-refractivity contribution in [2.24, 2.45) is 0 Å². The van der Waals surface area contributed by atoms with E-state index in [1.165, 1.54) is 6.07 Å². The monoisotopic (exact) mass is 354 g/mol. The third-order valence-corrected chi connectivity index (χ3v) is 3.93. The summed E-state index contributed by atoms with van der Waals surface area (Å²) >= 11 is 0. The molecule has 2 aromatic heterocycles. The van der Waals surface area contributed by atoms with Crippen molar-refractivity contribution in [2.45, 2.75) is 32.8 Å². The lowest BCUT2D eigenvalue weighted by atomic mass is 10.1. The van der Waals surface area contributed by atoms with Gasteiger partial charge in [0, 0.05) is 12.1 Å². The molecule has 0 amide bonds. The first-order valence-electron chi connectivity index (χ1n) is 8.46. The molecule has 0 radical (unpaired) electrons. The molecule has 5 nitrogen and oxygen atoms in total. The largest absolute Gasteiger partial charge is 0.488 e. The number of benzene rings is 1. The molecule has 0 unspecified atom stereocenters. The van der Waals surface area contributed by atoms with Crippen LogP contribution >= 0.6 is 0 Å². The van der Waals surface area contributed by atoms with E-state index in [2.05, 4.69) is 0 Å². The molecule has 1 aromatic carbocycles. The fourth-order valence-corrected chi connectivity index (χ4v) is 2.65. The Balaban J connectivity index is 1.81. The zero-order valence-corrected chi connectivity index (χ0v) is 15.1. The van der Waals surface area contributed by atoms with E-state index in [0.29, 0.717) is 23.5 Å². The van der Waals surface area contributed by atoms with Crippen molar-refractivity contribution in [1.29, 1.82) is 0 Å². The Hall–Kier alpha value is -2.79. The van der Waals surface area contributed by atoms with Crippen molar-refractivity contribution >= 4 is 21.9 Å². The van der Waals surface area contributed by atoms with E-state index < -0.39 is 11.2 Å². The molecule has 3 rings (SSSR count). The summed E-state index contributed by atoms with van der Waals surface area (Å²) < 4.78 is 16.7. The number of aliphatic hydroxyl groups is 1. The third-order valence-electron chi connectivity index (χ3n) is 3.93. The number of rotatable bonds is 6. The lowest BCUT2D eigenvalue weighted by Crippen LogP contribution is -2.13. The Kier molecular flexibility index (Phi) is 5.00. The van der Waals surface area contributed by atoms with Gasteiger partial charge in [-0.1, -0.05) is 17.7 Å². The Morgan fingerprint density at radius 1 is 1.23 bits per heavy atom. The Bertz CT molecular complexity index is 1030. The second-order valence-electron chi connectivity index (χ2n) is 6.83. The quantitative estimate of drug-likeness (QED) is 0.518. The number of allylic oxidation sites excluding steroid dienone is 2. The minimum atomic E-state index is -0.809. The maximum absolute atomic E-state index is 11.5. The van der Waals surface area contributed by atoms with Gasteiger partial charge in [-0.05, 0) is 45.4 Å². The number of hydrogen-bond donors (Lipinski definition) is 1. The molecule has 136 valence electrons. The van der Waals surface area contributed by atoms with E-state index in [-0.39, 0.29) is 0 Å². The first-order chi connectivity index (χ1) is 12.3. The van der Waals surface area contributed by atoms with Gasteiger partial charge in [-0.3, -0.25) is 0 Å². The summed E-state index contributed by atoms with van der Waals surface area (Å²) in [5.74, 6) is 0.631. The van der Waals surface area contributed by atoms with Crippen LogP contribution in [0.4, 0.5) is 0 Å². The number of ether oxygens (including phenoxy) is 1. The first-order valence-corrected chi connectivity index (χ1v) is 8.46. The van der Waals surface area contributed by atoms with Crippen molar-refractivity contribution in [3.8, 4) is 5.75 Å². The molecule has 3 aromatic rings. The van der Waals surface area contributed by atoms with Gasteiger partial charge < -0.3 is 18.7 Å². The van der Waals surface area contributed by atoms with E-state index in [1.54, 1.807) is 38.3 Å². The Morgan fingerprint density at radius 3 is 2.77 bits per heavy atom. The van der Waals surface area contributed by atoms with Gasteiger partial charge in [-0.15, -0.1) is 0 Å². The molecule has 0 spiro atoms. The molecule has 0 saturated heterocycles. The van der Waals surface area contributed by atoms with E-state index in [4.69, 9.17) is 13.6 Å². The minimum Gasteiger partial charge on any atom is -0.488 e. The zero-order valence-electron chi connectivity index (χ0n) is 15.1. The maximum Gasteiger partial charge on any atom is 0.336 e. The van der Waals surface area contributed by atoms with Gasteiger partial charge >= 0.3 is 5.63 Å². The number of furan rings is 1. The summed E-state index contributed by atoms with van der Waals surface area (Å²) in [7, 11) is 0. The van der Waals surface area contributed by atoms with E-state index in [1.807, 2.05) is 25.1 Å². The molecule has 0 aliphatic rings. The van der Waals surface area contributed by atoms with Crippen LogP contribution in [0.25, 0.3) is 21.9 Å². The molecule has 0 fully saturated rings. The van der Waals surface area contributed by atoms with Crippen LogP contribution in [0.3, 0.4) is 0 Å². The SMILES string of the molecule is CC(=CCOc1c2ccoc2cc2oc(=O)ccc12)CC=CC(C)(C)O. The second-order valence-corrected chi connectivity index (χ2v) is 6.83. The number of hydrogen-bond acceptors (Lipinski definition) is 5. The van der Waals surface area contributed by atoms with Crippen molar-refractivity contribution in [3.05, 3.63) is 64.7 Å². The predicted molar refractivity (Wildman–Crippen MR) is 102 cm³/mol. The van der Waals surface area contributed by atoms with Crippen LogP contribution in [0.1, 0.15) is 27.2 Å². The molecule has 0 saturated carbocycles. The summed E-state index contributed by atoms with van der Waals surface area (Å²) in [5, 5.41) is 11.2. The maximum atomic E-state index is 11.5. The van der Waals surface area contributed by atoms with Crippen LogP contribution in [0.2, 0.25) is 0 Å². The van der Waals surface area contributed by atoms with Gasteiger partial charge in [0.2, 0.25) is 0 Å². The Labute approximate surface area is 151 Å². The molecule has 26 heavy (non-hydrogen) atoms. The minimum absolute atomic E-state index is 0.376. The molecule has 5 heteroatoms. The molecular weight excluding hydrogens is 332 g/mol. The van der Waals surface area contributed by atoms with Crippen molar-refractivity contribution in [3.63, 3.8) is 0 Å². The second kappa shape index (κ2) is 7.22. The highest BCUT2D eigenvalue weighted by Gasteiger charge is 2.13. The smallest absolute Gasteiger partial charge is 0.336 e. The first kappa shape index (κ1) is 18.0. The van der Waals surface area contributed by atoms with Crippen molar-refractivity contribution in [2.75, 3.05) is 6.61 Å². The predicted octanol–water partition coefficient (Wildman–Crippen LogP) is 4.58. The fourth-order valence-electron chi connectivity index (χ4n) is 2.65. The van der Waals surface area contributed by atoms with E-state index in [9.17, 15) is 9.90 Å². The highest BCUT2D eigenvalue weighted by Crippen LogP contribution is 2.35. The number of fused-ring (bicyclic) bond motifs is 2. The summed E-state index contributed by atoms with van der Waals surface area (Å²) in [5.41, 5.74) is 0.945. The standard InChI is InChI=1S/C21H22O5/c1-14(5-4-10-21(2,3)23)8-11-25-20-15-6-7-19(22)26-18(15)13-17-16(20)9-12-24-17/h4,6-10,12-13,23H,5,11H2,1-3H3. The van der Waals surface area contributed by atoms with Crippen LogP contribution in [0.15, 0.2) is 68.0 Å². The van der Waals surface area contributed by atoms with Gasteiger partial charge in [0.1, 0.15) is 23.5 Å². The molecular formula is C21H22O5. The molecule has 1 N–H and O–H groups in total. The van der Waals surface area contributed by atoms with Crippen molar-refractivity contribution in [1.82, 2.24) is 0 Å². The van der Waals surface area contributed by atoms with Crippen LogP contribution < -0.4 is 10.4 Å². The molecule has 0 aliphatic heterocycles. The Morgan fingerprint density at radius 2 is 2.00 bits per heavy atom. The van der Waals surface area contributed by atoms with E-state index >= 15 is 0 Å². The summed E-state index contributed by atoms with van der Waals surface area (Å²) in [4.78, 5) is 11.5. The van der Waals surface area contributed by atoms with Gasteiger partial charge in [-0.25, -0.2) is 4.79 Å². The van der Waals surface area contributed by atoms with Crippen LogP contribution in [0, 0.1) is 0 Å². The van der Waals surface area contributed by atoms with Crippen LogP contribution in [-0.2, 0) is 0 Å². The molecule has 0 atom stereocenters. The van der Waals surface area contributed by atoms with Crippen LogP contribution in [-0.4, -0.2) is 17.3 Å². The van der Waals surface area contributed by atoms with Crippen LogP contribution in [0.5, 0.6) is 5.75 Å². The molecule has 2 heterocycles. The molecule has 0 aliphatic carbocycles. The lowest BCUT2D eigenvalue weighted by Gasteiger charge is -2.10. The van der Waals surface area contributed by atoms with Gasteiger partial charge in [-0.2, -0.15) is 0 Å². The third kappa shape index (κ3) is 4.24.